The SMILES string of the molecule is Cc1nc(CC(N)CSC2CCCC2)cs1. The fourth-order valence-corrected chi connectivity index (χ4v) is 4.07. The molecule has 2 nitrogen and oxygen atoms in total. The zero-order chi connectivity index (χ0) is 11.4. The molecule has 1 aliphatic rings. The Balaban J connectivity index is 1.69. The molecule has 4 heteroatoms. The number of hydrogen-bond acceptors (Lipinski definition) is 4. The maximum Gasteiger partial charge on any atom is 0.0897 e. The maximum absolute atomic E-state index is 6.14. The maximum atomic E-state index is 6.14. The smallest absolute Gasteiger partial charge is 0.0897 e. The van der Waals surface area contributed by atoms with E-state index in [9.17, 15) is 0 Å². The van der Waals surface area contributed by atoms with Gasteiger partial charge in [-0.2, -0.15) is 11.8 Å². The van der Waals surface area contributed by atoms with E-state index in [1.807, 2.05) is 6.92 Å². The number of nitrogens with two attached hydrogens (primary N) is 1. The normalized spacial score (nSPS) is 19.1. The first kappa shape index (κ1) is 12.4. The van der Waals surface area contributed by atoms with Crippen LogP contribution in [0.1, 0.15) is 36.4 Å². The molecule has 0 aromatic carbocycles. The number of aryl methyl sites for hydroxylation is 1. The highest BCUT2D eigenvalue weighted by Gasteiger charge is 2.16. The molecule has 2 rings (SSSR count). The average Bonchev–Trinajstić information content (AvgIpc) is 2.87. The highest BCUT2D eigenvalue weighted by molar-refractivity contribution is 7.99. The van der Waals surface area contributed by atoms with Crippen molar-refractivity contribution in [1.29, 1.82) is 0 Å². The van der Waals surface area contributed by atoms with Crippen LogP contribution in [0, 0.1) is 6.92 Å². The van der Waals surface area contributed by atoms with Crippen molar-refractivity contribution in [2.45, 2.75) is 50.3 Å². The molecule has 0 radical (unpaired) electrons. The van der Waals surface area contributed by atoms with E-state index in [0.717, 1.165) is 22.4 Å². The quantitative estimate of drug-likeness (QED) is 0.880. The van der Waals surface area contributed by atoms with Crippen molar-refractivity contribution in [1.82, 2.24) is 4.98 Å². The van der Waals surface area contributed by atoms with Crippen molar-refractivity contribution >= 4 is 23.1 Å². The lowest BCUT2D eigenvalue weighted by atomic mass is 10.2. The summed E-state index contributed by atoms with van der Waals surface area (Å²) in [4.78, 5) is 4.46. The molecule has 0 saturated heterocycles. The number of nitrogens with zero attached hydrogens (tertiary/aromatic N) is 1. The molecule has 90 valence electrons. The Hall–Kier alpha value is -0.0600. The summed E-state index contributed by atoms with van der Waals surface area (Å²) in [5.41, 5.74) is 7.31. The minimum absolute atomic E-state index is 0.270. The van der Waals surface area contributed by atoms with Crippen LogP contribution in [0.3, 0.4) is 0 Å². The summed E-state index contributed by atoms with van der Waals surface area (Å²) >= 11 is 3.79. The van der Waals surface area contributed by atoms with Crippen molar-refractivity contribution < 1.29 is 0 Å². The van der Waals surface area contributed by atoms with E-state index in [2.05, 4.69) is 22.1 Å². The monoisotopic (exact) mass is 256 g/mol. The minimum Gasteiger partial charge on any atom is -0.327 e. The van der Waals surface area contributed by atoms with E-state index < -0.39 is 0 Å². The number of rotatable bonds is 5. The summed E-state index contributed by atoms with van der Waals surface area (Å²) in [6, 6.07) is 0.270. The van der Waals surface area contributed by atoms with Gasteiger partial charge in [-0.05, 0) is 19.8 Å². The molecular formula is C12H20N2S2. The van der Waals surface area contributed by atoms with Gasteiger partial charge in [0.05, 0.1) is 10.7 Å². The van der Waals surface area contributed by atoms with Crippen LogP contribution in [0.25, 0.3) is 0 Å². The molecule has 1 aromatic rings. The van der Waals surface area contributed by atoms with Crippen LogP contribution >= 0.6 is 23.1 Å². The van der Waals surface area contributed by atoms with Crippen molar-refractivity contribution in [2.24, 2.45) is 5.73 Å². The number of thioether (sulfide) groups is 1. The predicted molar refractivity (Wildman–Crippen MR) is 73.2 cm³/mol. The van der Waals surface area contributed by atoms with Gasteiger partial charge < -0.3 is 5.73 Å². The lowest BCUT2D eigenvalue weighted by Crippen LogP contribution is -2.26. The van der Waals surface area contributed by atoms with Crippen LogP contribution in [-0.4, -0.2) is 22.0 Å². The first-order valence-corrected chi connectivity index (χ1v) is 7.95. The Morgan fingerprint density at radius 3 is 2.94 bits per heavy atom. The van der Waals surface area contributed by atoms with E-state index in [4.69, 9.17) is 5.73 Å². The van der Waals surface area contributed by atoms with Gasteiger partial charge in [-0.1, -0.05) is 12.8 Å². The van der Waals surface area contributed by atoms with E-state index in [1.54, 1.807) is 11.3 Å². The molecule has 0 aliphatic heterocycles. The van der Waals surface area contributed by atoms with Gasteiger partial charge in [0.25, 0.3) is 0 Å². The highest BCUT2D eigenvalue weighted by atomic mass is 32.2. The van der Waals surface area contributed by atoms with Crippen LogP contribution in [0.2, 0.25) is 0 Å². The van der Waals surface area contributed by atoms with Crippen molar-refractivity contribution in [3.05, 3.63) is 16.1 Å². The topological polar surface area (TPSA) is 38.9 Å². The molecule has 1 unspecified atom stereocenters. The molecular weight excluding hydrogens is 236 g/mol. The Bertz CT molecular complexity index is 319. The molecule has 1 fully saturated rings. The number of aromatic nitrogens is 1. The molecule has 1 heterocycles. The second-order valence-corrected chi connectivity index (χ2v) is 6.96. The Morgan fingerprint density at radius 1 is 1.56 bits per heavy atom. The van der Waals surface area contributed by atoms with Gasteiger partial charge in [0.15, 0.2) is 0 Å². The molecule has 1 aromatic heterocycles. The predicted octanol–water partition coefficient (Wildman–Crippen LogP) is 3.00. The number of hydrogen-bond donors (Lipinski definition) is 1. The molecule has 16 heavy (non-hydrogen) atoms. The van der Waals surface area contributed by atoms with Crippen LogP contribution in [0.15, 0.2) is 5.38 Å². The Labute approximate surface area is 106 Å². The van der Waals surface area contributed by atoms with E-state index in [1.165, 1.54) is 31.4 Å². The average molecular weight is 256 g/mol. The minimum atomic E-state index is 0.270. The third-order valence-corrected chi connectivity index (χ3v) is 5.37. The molecule has 2 N–H and O–H groups in total. The Kier molecular flexibility index (Phi) is 4.67. The van der Waals surface area contributed by atoms with E-state index in [-0.39, 0.29) is 6.04 Å². The van der Waals surface area contributed by atoms with Crippen LogP contribution in [0.4, 0.5) is 0 Å². The molecule has 0 bridgehead atoms. The van der Waals surface area contributed by atoms with E-state index in [0.29, 0.717) is 0 Å². The number of thiazole rings is 1. The van der Waals surface area contributed by atoms with Gasteiger partial charge in [-0.25, -0.2) is 4.98 Å². The summed E-state index contributed by atoms with van der Waals surface area (Å²) in [5.74, 6) is 1.08. The molecule has 0 amide bonds. The lowest BCUT2D eigenvalue weighted by molar-refractivity contribution is 0.731. The largest absolute Gasteiger partial charge is 0.327 e. The fourth-order valence-electron chi connectivity index (χ4n) is 2.14. The lowest BCUT2D eigenvalue weighted by Gasteiger charge is -2.13. The molecule has 1 aliphatic carbocycles. The standard InChI is InChI=1S/C12H20N2S2/c1-9-14-11(8-15-9)6-10(13)7-16-12-4-2-3-5-12/h8,10,12H,2-7,13H2,1H3. The summed E-state index contributed by atoms with van der Waals surface area (Å²) in [5, 5.41) is 4.16. The summed E-state index contributed by atoms with van der Waals surface area (Å²) in [7, 11) is 0. The van der Waals surface area contributed by atoms with Gasteiger partial charge in [0, 0.05) is 28.8 Å². The molecule has 0 spiro atoms. The third-order valence-electron chi connectivity index (χ3n) is 2.99. The second-order valence-electron chi connectivity index (χ2n) is 4.56. The molecule has 1 atom stereocenters. The van der Waals surface area contributed by atoms with Crippen molar-refractivity contribution in [2.75, 3.05) is 5.75 Å². The third kappa shape index (κ3) is 3.75. The van der Waals surface area contributed by atoms with Crippen LogP contribution < -0.4 is 5.73 Å². The molecule has 1 saturated carbocycles. The summed E-state index contributed by atoms with van der Waals surface area (Å²) < 4.78 is 0. The van der Waals surface area contributed by atoms with Crippen LogP contribution in [0.5, 0.6) is 0 Å². The first-order valence-electron chi connectivity index (χ1n) is 6.02. The van der Waals surface area contributed by atoms with Gasteiger partial charge in [0.2, 0.25) is 0 Å². The Morgan fingerprint density at radius 2 is 2.31 bits per heavy atom. The van der Waals surface area contributed by atoms with Crippen molar-refractivity contribution in [3.63, 3.8) is 0 Å². The van der Waals surface area contributed by atoms with Crippen molar-refractivity contribution in [3.8, 4) is 0 Å². The highest BCUT2D eigenvalue weighted by Crippen LogP contribution is 2.29. The summed E-state index contributed by atoms with van der Waals surface area (Å²) in [6.45, 7) is 2.05. The van der Waals surface area contributed by atoms with Gasteiger partial charge in [-0.3, -0.25) is 0 Å². The van der Waals surface area contributed by atoms with Gasteiger partial charge >= 0.3 is 0 Å². The van der Waals surface area contributed by atoms with E-state index >= 15 is 0 Å². The van der Waals surface area contributed by atoms with Gasteiger partial charge in [0.1, 0.15) is 0 Å². The summed E-state index contributed by atoms with van der Waals surface area (Å²) in [6.07, 6.45) is 6.56. The van der Waals surface area contributed by atoms with Crippen LogP contribution in [-0.2, 0) is 6.42 Å². The second kappa shape index (κ2) is 6.03. The first-order chi connectivity index (χ1) is 7.74. The fraction of sp³-hybridized carbons (Fsp3) is 0.750. The zero-order valence-electron chi connectivity index (χ0n) is 9.82. The zero-order valence-corrected chi connectivity index (χ0v) is 11.4. The van der Waals surface area contributed by atoms with Gasteiger partial charge in [-0.15, -0.1) is 11.3 Å².